The van der Waals surface area contributed by atoms with E-state index < -0.39 is 0 Å². The minimum Gasteiger partial charge on any atom is -0.382 e. The van der Waals surface area contributed by atoms with Crippen LogP contribution in [0.2, 0.25) is 0 Å². The highest BCUT2D eigenvalue weighted by molar-refractivity contribution is 5.96. The highest BCUT2D eigenvalue weighted by Gasteiger charge is 2.19. The fourth-order valence-electron chi connectivity index (χ4n) is 4.00. The van der Waals surface area contributed by atoms with Crippen LogP contribution in [0.15, 0.2) is 36.4 Å². The summed E-state index contributed by atoms with van der Waals surface area (Å²) in [4.78, 5) is 0. The Balaban J connectivity index is 1.67. The van der Waals surface area contributed by atoms with Gasteiger partial charge in [-0.3, -0.25) is 0 Å². The second-order valence-electron chi connectivity index (χ2n) is 6.80. The molecule has 4 rings (SSSR count). The van der Waals surface area contributed by atoms with Crippen molar-refractivity contribution in [2.24, 2.45) is 0 Å². The fourth-order valence-corrected chi connectivity index (χ4v) is 4.00. The van der Waals surface area contributed by atoms with E-state index >= 15 is 0 Å². The van der Waals surface area contributed by atoms with Gasteiger partial charge in [-0.05, 0) is 61.7 Å². The zero-order valence-corrected chi connectivity index (χ0v) is 13.7. The Morgan fingerprint density at radius 3 is 2.39 bits per heavy atom. The predicted octanol–water partition coefficient (Wildman–Crippen LogP) is 3.90. The summed E-state index contributed by atoms with van der Waals surface area (Å²) in [6.45, 7) is 4.04. The topological polar surface area (TPSA) is 33.3 Å². The van der Waals surface area contributed by atoms with Gasteiger partial charge < -0.3 is 15.4 Å². The van der Waals surface area contributed by atoms with Crippen molar-refractivity contribution in [2.45, 2.75) is 37.6 Å². The number of ether oxygens (including phenoxy) is 1. The van der Waals surface area contributed by atoms with E-state index in [0.29, 0.717) is 12.0 Å². The van der Waals surface area contributed by atoms with Crippen LogP contribution < -0.4 is 10.6 Å². The fraction of sp³-hybridized carbons (Fsp3) is 0.500. The lowest BCUT2D eigenvalue weighted by molar-refractivity contribution is 0.0905. The first-order valence-corrected chi connectivity index (χ1v) is 8.98. The number of hydrogen-bond donors (Lipinski definition) is 2. The van der Waals surface area contributed by atoms with Gasteiger partial charge in [0.15, 0.2) is 0 Å². The van der Waals surface area contributed by atoms with Crippen LogP contribution in [0.5, 0.6) is 0 Å². The van der Waals surface area contributed by atoms with Gasteiger partial charge >= 0.3 is 0 Å². The molecule has 0 bridgehead atoms. The van der Waals surface area contributed by atoms with Crippen molar-refractivity contribution < 1.29 is 4.74 Å². The van der Waals surface area contributed by atoms with E-state index in [2.05, 4.69) is 47.0 Å². The van der Waals surface area contributed by atoms with E-state index in [1.807, 2.05) is 0 Å². The first kappa shape index (κ1) is 15.0. The van der Waals surface area contributed by atoms with Crippen LogP contribution >= 0.6 is 0 Å². The summed E-state index contributed by atoms with van der Waals surface area (Å²) in [5, 5.41) is 10.0. The molecule has 0 aromatic heterocycles. The number of benzene rings is 2. The monoisotopic (exact) mass is 310 g/mol. The third-order valence-electron chi connectivity index (χ3n) is 5.32. The number of hydrogen-bond acceptors (Lipinski definition) is 3. The van der Waals surface area contributed by atoms with Crippen molar-refractivity contribution in [1.82, 2.24) is 5.32 Å². The summed E-state index contributed by atoms with van der Waals surface area (Å²) in [6.07, 6.45) is 4.70. The molecule has 2 aromatic rings. The molecule has 2 saturated heterocycles. The Labute approximate surface area is 138 Å². The minimum absolute atomic E-state index is 0.539. The van der Waals surface area contributed by atoms with Crippen molar-refractivity contribution in [3.8, 4) is 0 Å². The average Bonchev–Trinajstić information content (AvgIpc) is 2.64. The summed E-state index contributed by atoms with van der Waals surface area (Å²) in [5.41, 5.74) is 2.81. The maximum atomic E-state index is 5.48. The third kappa shape index (κ3) is 3.22. The maximum absolute atomic E-state index is 5.48. The quantitative estimate of drug-likeness (QED) is 0.902. The summed E-state index contributed by atoms with van der Waals surface area (Å²) in [6, 6.07) is 14.1. The molecular weight excluding hydrogens is 284 g/mol. The van der Waals surface area contributed by atoms with Gasteiger partial charge in [0.05, 0.1) is 0 Å². The van der Waals surface area contributed by atoms with E-state index in [1.165, 1.54) is 34.9 Å². The largest absolute Gasteiger partial charge is 0.382 e. The number of anilines is 1. The van der Waals surface area contributed by atoms with Gasteiger partial charge in [0.1, 0.15) is 0 Å². The summed E-state index contributed by atoms with van der Waals surface area (Å²) in [7, 11) is 0. The second kappa shape index (κ2) is 6.90. The van der Waals surface area contributed by atoms with Crippen molar-refractivity contribution in [3.63, 3.8) is 0 Å². The Kier molecular flexibility index (Phi) is 4.49. The van der Waals surface area contributed by atoms with Crippen LogP contribution in [-0.2, 0) is 4.74 Å². The van der Waals surface area contributed by atoms with Gasteiger partial charge in [0.2, 0.25) is 0 Å². The van der Waals surface area contributed by atoms with Crippen molar-refractivity contribution in [3.05, 3.63) is 42.0 Å². The van der Waals surface area contributed by atoms with Gasteiger partial charge in [0.25, 0.3) is 0 Å². The molecule has 2 aliphatic rings. The van der Waals surface area contributed by atoms with Gasteiger partial charge in [-0.25, -0.2) is 0 Å². The predicted molar refractivity (Wildman–Crippen MR) is 96.3 cm³/mol. The zero-order valence-electron chi connectivity index (χ0n) is 13.7. The number of piperidine rings is 1. The molecule has 0 saturated carbocycles. The molecule has 3 heteroatoms. The van der Waals surface area contributed by atoms with Crippen LogP contribution in [0.3, 0.4) is 0 Å². The number of nitrogens with one attached hydrogen (secondary N) is 2. The van der Waals surface area contributed by atoms with Crippen LogP contribution in [0.4, 0.5) is 5.69 Å². The molecule has 0 atom stereocenters. The SMILES string of the molecule is c1ccc2c(C3CCNCC3)ccc(NC3CCOCC3)c2c1. The zero-order chi connectivity index (χ0) is 15.5. The van der Waals surface area contributed by atoms with Gasteiger partial charge in [-0.2, -0.15) is 0 Å². The Hall–Kier alpha value is -1.58. The Morgan fingerprint density at radius 2 is 1.61 bits per heavy atom. The molecule has 23 heavy (non-hydrogen) atoms. The number of rotatable bonds is 3. The van der Waals surface area contributed by atoms with E-state index in [9.17, 15) is 0 Å². The number of fused-ring (bicyclic) bond motifs is 1. The second-order valence-corrected chi connectivity index (χ2v) is 6.80. The lowest BCUT2D eigenvalue weighted by Gasteiger charge is -2.27. The summed E-state index contributed by atoms with van der Waals surface area (Å²) in [5.74, 6) is 0.693. The molecule has 2 aromatic carbocycles. The first-order valence-electron chi connectivity index (χ1n) is 8.98. The Bertz CT molecular complexity index is 658. The molecule has 2 aliphatic heterocycles. The third-order valence-corrected chi connectivity index (χ3v) is 5.32. The van der Waals surface area contributed by atoms with Crippen LogP contribution in [0.25, 0.3) is 10.8 Å². The molecule has 2 N–H and O–H groups in total. The van der Waals surface area contributed by atoms with E-state index in [1.54, 1.807) is 0 Å². The molecule has 0 aliphatic carbocycles. The van der Waals surface area contributed by atoms with Gasteiger partial charge in [-0.15, -0.1) is 0 Å². The molecule has 0 radical (unpaired) electrons. The van der Waals surface area contributed by atoms with Gasteiger partial charge in [-0.1, -0.05) is 30.3 Å². The molecule has 3 nitrogen and oxygen atoms in total. The van der Waals surface area contributed by atoms with E-state index in [-0.39, 0.29) is 0 Å². The molecular formula is C20H26N2O. The average molecular weight is 310 g/mol. The lowest BCUT2D eigenvalue weighted by Crippen LogP contribution is -2.28. The lowest BCUT2D eigenvalue weighted by atomic mass is 9.86. The Morgan fingerprint density at radius 1 is 0.870 bits per heavy atom. The normalized spacial score (nSPS) is 20.7. The molecule has 0 amide bonds. The minimum atomic E-state index is 0.539. The molecule has 2 heterocycles. The highest BCUT2D eigenvalue weighted by Crippen LogP contribution is 2.35. The molecule has 0 spiro atoms. The smallest absolute Gasteiger partial charge is 0.0485 e. The van der Waals surface area contributed by atoms with Crippen LogP contribution in [0.1, 0.15) is 37.2 Å². The van der Waals surface area contributed by atoms with E-state index in [4.69, 9.17) is 4.74 Å². The van der Waals surface area contributed by atoms with Crippen molar-refractivity contribution in [1.29, 1.82) is 0 Å². The molecule has 0 unspecified atom stereocenters. The molecule has 2 fully saturated rings. The van der Waals surface area contributed by atoms with Crippen molar-refractivity contribution >= 4 is 16.5 Å². The van der Waals surface area contributed by atoms with Gasteiger partial charge in [0, 0.05) is 30.3 Å². The summed E-state index contributed by atoms with van der Waals surface area (Å²) >= 11 is 0. The van der Waals surface area contributed by atoms with Crippen LogP contribution in [0, 0.1) is 0 Å². The highest BCUT2D eigenvalue weighted by atomic mass is 16.5. The standard InChI is InChI=1S/C20H26N2O/c1-2-4-19-18(3-1)17(15-7-11-21-12-8-15)5-6-20(19)22-16-9-13-23-14-10-16/h1-6,15-16,21-22H,7-14H2. The van der Waals surface area contributed by atoms with E-state index in [0.717, 1.165) is 39.1 Å². The summed E-state index contributed by atoms with van der Waals surface area (Å²) < 4.78 is 5.48. The maximum Gasteiger partial charge on any atom is 0.0485 e. The van der Waals surface area contributed by atoms with Crippen molar-refractivity contribution in [2.75, 3.05) is 31.6 Å². The van der Waals surface area contributed by atoms with Crippen LogP contribution in [-0.4, -0.2) is 32.3 Å². The molecule has 122 valence electrons. The first-order chi connectivity index (χ1) is 11.4.